The van der Waals surface area contributed by atoms with Gasteiger partial charge in [0.15, 0.2) is 0 Å². The molecule has 29 heavy (non-hydrogen) atoms. The van der Waals surface area contributed by atoms with Crippen molar-refractivity contribution in [2.24, 2.45) is 7.05 Å². The molecule has 0 amide bonds. The fourth-order valence-electron chi connectivity index (χ4n) is 3.56. The third kappa shape index (κ3) is 3.34. The molecule has 0 bridgehead atoms. The number of hydrogen-bond acceptors (Lipinski definition) is 3. The molecule has 0 aliphatic carbocycles. The number of aromatic nitrogens is 2. The van der Waals surface area contributed by atoms with Gasteiger partial charge < -0.3 is 9.31 Å². The third-order valence-corrected chi connectivity index (χ3v) is 5.88. The summed E-state index contributed by atoms with van der Waals surface area (Å²) in [5.74, 6) is 0. The number of benzene rings is 2. The van der Waals surface area contributed by atoms with Gasteiger partial charge in [0.2, 0.25) is 0 Å². The fraction of sp³-hybridized carbons (Fsp3) is 0.381. The van der Waals surface area contributed by atoms with Gasteiger partial charge in [0.05, 0.1) is 23.0 Å². The van der Waals surface area contributed by atoms with Crippen LogP contribution in [0.15, 0.2) is 42.7 Å². The number of fused-ring (bicyclic) bond motifs is 1. The van der Waals surface area contributed by atoms with Gasteiger partial charge >= 0.3 is 13.3 Å². The predicted molar refractivity (Wildman–Crippen MR) is 107 cm³/mol. The van der Waals surface area contributed by atoms with Gasteiger partial charge in [-0.05, 0) is 61.6 Å². The summed E-state index contributed by atoms with van der Waals surface area (Å²) in [6.45, 7) is 7.67. The van der Waals surface area contributed by atoms with Gasteiger partial charge in [-0.15, -0.1) is 0 Å². The van der Waals surface area contributed by atoms with Crippen molar-refractivity contribution in [1.29, 1.82) is 0 Å². The van der Waals surface area contributed by atoms with Crippen LogP contribution in [-0.2, 0) is 22.5 Å². The van der Waals surface area contributed by atoms with Crippen molar-refractivity contribution in [3.05, 3.63) is 48.3 Å². The van der Waals surface area contributed by atoms with Crippen molar-refractivity contribution in [2.45, 2.75) is 45.1 Å². The second-order valence-electron chi connectivity index (χ2n) is 8.45. The molecular formula is C21H22BF3N2O2. The van der Waals surface area contributed by atoms with Gasteiger partial charge in [0.1, 0.15) is 0 Å². The molecule has 0 atom stereocenters. The van der Waals surface area contributed by atoms with E-state index in [1.807, 2.05) is 33.8 Å². The van der Waals surface area contributed by atoms with E-state index in [1.165, 1.54) is 16.9 Å². The Labute approximate surface area is 167 Å². The van der Waals surface area contributed by atoms with E-state index < -0.39 is 30.1 Å². The largest absolute Gasteiger partial charge is 0.495 e. The van der Waals surface area contributed by atoms with E-state index in [0.717, 1.165) is 0 Å². The molecule has 2 heterocycles. The maximum Gasteiger partial charge on any atom is 0.495 e. The molecule has 0 unspecified atom stereocenters. The number of halogens is 3. The molecule has 1 fully saturated rings. The molecule has 8 heteroatoms. The third-order valence-electron chi connectivity index (χ3n) is 5.88. The molecule has 152 valence electrons. The van der Waals surface area contributed by atoms with Crippen LogP contribution in [0.5, 0.6) is 0 Å². The summed E-state index contributed by atoms with van der Waals surface area (Å²) in [6, 6.07) is 8.11. The van der Waals surface area contributed by atoms with Gasteiger partial charge in [-0.25, -0.2) is 0 Å². The van der Waals surface area contributed by atoms with Crippen molar-refractivity contribution < 1.29 is 22.5 Å². The first-order chi connectivity index (χ1) is 13.4. The van der Waals surface area contributed by atoms with Crippen LogP contribution in [0.3, 0.4) is 0 Å². The van der Waals surface area contributed by atoms with E-state index in [2.05, 4.69) is 5.10 Å². The average Bonchev–Trinajstić information content (AvgIpc) is 3.12. The first-order valence-electron chi connectivity index (χ1n) is 9.37. The molecule has 2 aromatic carbocycles. The van der Waals surface area contributed by atoms with Crippen LogP contribution < -0.4 is 5.46 Å². The molecule has 1 aliphatic heterocycles. The van der Waals surface area contributed by atoms with Crippen molar-refractivity contribution in [1.82, 2.24) is 9.78 Å². The molecule has 4 rings (SSSR count). The minimum Gasteiger partial charge on any atom is -0.399 e. The van der Waals surface area contributed by atoms with E-state index in [-0.39, 0.29) is 5.56 Å². The van der Waals surface area contributed by atoms with Gasteiger partial charge in [-0.3, -0.25) is 4.68 Å². The molecule has 4 nitrogen and oxygen atoms in total. The van der Waals surface area contributed by atoms with Gasteiger partial charge in [0.25, 0.3) is 0 Å². The lowest BCUT2D eigenvalue weighted by Crippen LogP contribution is -2.41. The van der Waals surface area contributed by atoms with Crippen LogP contribution in [-0.4, -0.2) is 28.1 Å². The Hall–Kier alpha value is -2.32. The quantitative estimate of drug-likeness (QED) is 0.590. The van der Waals surface area contributed by atoms with Crippen LogP contribution in [0.4, 0.5) is 13.2 Å². The van der Waals surface area contributed by atoms with Crippen LogP contribution in [0.2, 0.25) is 0 Å². The summed E-state index contributed by atoms with van der Waals surface area (Å²) in [5, 5.41) is 5.17. The zero-order valence-corrected chi connectivity index (χ0v) is 17.0. The number of hydrogen-bond donors (Lipinski definition) is 0. The Morgan fingerprint density at radius 2 is 1.69 bits per heavy atom. The number of alkyl halides is 3. The second-order valence-corrected chi connectivity index (χ2v) is 8.45. The number of rotatable bonds is 2. The lowest BCUT2D eigenvalue weighted by atomic mass is 9.75. The maximum absolute atomic E-state index is 13.9. The van der Waals surface area contributed by atoms with Gasteiger partial charge in [0, 0.05) is 18.8 Å². The van der Waals surface area contributed by atoms with Crippen LogP contribution >= 0.6 is 0 Å². The topological polar surface area (TPSA) is 36.3 Å². The summed E-state index contributed by atoms with van der Waals surface area (Å²) in [6.07, 6.45) is -1.49. The van der Waals surface area contributed by atoms with Crippen LogP contribution in [0.25, 0.3) is 21.9 Å². The first-order valence-corrected chi connectivity index (χ1v) is 9.37. The van der Waals surface area contributed by atoms with E-state index in [0.29, 0.717) is 21.8 Å². The SMILES string of the molecule is Cn1cc(-c2cc3cccc(B4OC(C)(C)C(C)(C)O4)c3cc2C(F)(F)F)cn1. The molecule has 0 N–H and O–H groups in total. The summed E-state index contributed by atoms with van der Waals surface area (Å²) in [7, 11) is 0.933. The van der Waals surface area contributed by atoms with Crippen molar-refractivity contribution in [3.8, 4) is 11.1 Å². The minimum absolute atomic E-state index is 0.101. The maximum atomic E-state index is 13.9. The smallest absolute Gasteiger partial charge is 0.399 e. The molecule has 0 radical (unpaired) electrons. The Balaban J connectivity index is 1.92. The zero-order valence-electron chi connectivity index (χ0n) is 17.0. The summed E-state index contributed by atoms with van der Waals surface area (Å²) < 4.78 is 55.5. The standard InChI is InChI=1S/C21H22BF3N2O2/c1-19(2)20(3,4)29-22(28-19)18-8-6-7-13-9-15(14-11-26-27(5)12-14)17(10-16(13)18)21(23,24)25/h6-12H,1-5H3. The Bertz CT molecular complexity index is 1070. The monoisotopic (exact) mass is 402 g/mol. The van der Waals surface area contributed by atoms with Crippen molar-refractivity contribution in [3.63, 3.8) is 0 Å². The minimum atomic E-state index is -4.51. The highest BCUT2D eigenvalue weighted by Gasteiger charge is 2.52. The molecule has 0 saturated carbocycles. The molecular weight excluding hydrogens is 380 g/mol. The highest BCUT2D eigenvalue weighted by molar-refractivity contribution is 6.65. The van der Waals surface area contributed by atoms with E-state index in [4.69, 9.17) is 9.31 Å². The second kappa shape index (κ2) is 6.34. The summed E-state index contributed by atoms with van der Waals surface area (Å²) in [5.41, 5.74) is -0.761. The van der Waals surface area contributed by atoms with Crippen molar-refractivity contribution >= 4 is 23.4 Å². The average molecular weight is 402 g/mol. The van der Waals surface area contributed by atoms with Crippen molar-refractivity contribution in [2.75, 3.05) is 0 Å². The Morgan fingerprint density at radius 1 is 1.03 bits per heavy atom. The highest BCUT2D eigenvalue weighted by atomic mass is 19.4. The molecule has 1 saturated heterocycles. The van der Waals surface area contributed by atoms with Crippen LogP contribution in [0.1, 0.15) is 33.3 Å². The lowest BCUT2D eigenvalue weighted by molar-refractivity contribution is -0.137. The molecule has 1 aromatic heterocycles. The van der Waals surface area contributed by atoms with Gasteiger partial charge in [-0.2, -0.15) is 18.3 Å². The normalized spacial score (nSPS) is 18.6. The van der Waals surface area contributed by atoms with E-state index in [1.54, 1.807) is 31.4 Å². The number of aryl methyl sites for hydroxylation is 1. The predicted octanol–water partition coefficient (Wildman–Crippen LogP) is 4.56. The molecule has 3 aromatic rings. The van der Waals surface area contributed by atoms with E-state index >= 15 is 0 Å². The molecule has 1 aliphatic rings. The summed E-state index contributed by atoms with van der Waals surface area (Å²) >= 11 is 0. The molecule has 0 spiro atoms. The lowest BCUT2D eigenvalue weighted by Gasteiger charge is -2.32. The number of nitrogens with zero attached hydrogens (tertiary/aromatic N) is 2. The Kier molecular flexibility index (Phi) is 4.37. The Morgan fingerprint density at radius 3 is 2.24 bits per heavy atom. The fourth-order valence-corrected chi connectivity index (χ4v) is 3.56. The highest BCUT2D eigenvalue weighted by Crippen LogP contribution is 2.40. The van der Waals surface area contributed by atoms with Gasteiger partial charge in [-0.1, -0.05) is 18.2 Å². The zero-order chi connectivity index (χ0) is 21.2. The summed E-state index contributed by atoms with van der Waals surface area (Å²) in [4.78, 5) is 0. The first kappa shape index (κ1) is 20.0. The van der Waals surface area contributed by atoms with Crippen LogP contribution in [0, 0.1) is 0 Å². The van der Waals surface area contributed by atoms with E-state index in [9.17, 15) is 13.2 Å².